The van der Waals surface area contributed by atoms with E-state index in [4.69, 9.17) is 5.11 Å². The number of aliphatic imine (C=N–C) groups is 1. The number of phenols is 2. The van der Waals surface area contributed by atoms with Crippen molar-refractivity contribution in [3.05, 3.63) is 23.3 Å². The van der Waals surface area contributed by atoms with E-state index in [1.165, 1.54) is 0 Å². The summed E-state index contributed by atoms with van der Waals surface area (Å²) >= 11 is 0. The van der Waals surface area contributed by atoms with Crippen molar-refractivity contribution in [2.45, 2.75) is 6.42 Å². The van der Waals surface area contributed by atoms with Crippen molar-refractivity contribution in [3.63, 3.8) is 0 Å². The first-order valence-electron chi connectivity index (χ1n) is 5.33. The van der Waals surface area contributed by atoms with Crippen molar-refractivity contribution in [3.8, 4) is 11.5 Å². The minimum Gasteiger partial charge on any atom is -0.507 e. The lowest BCUT2D eigenvalue weighted by Crippen LogP contribution is -2.27. The maximum atomic E-state index is 12.0. The fraction of sp³-hybridized carbons (Fsp3) is 0.250. The van der Waals surface area contributed by atoms with Crippen LogP contribution < -0.4 is 0 Å². The highest BCUT2D eigenvalue weighted by molar-refractivity contribution is 6.53. The van der Waals surface area contributed by atoms with Gasteiger partial charge in [0.1, 0.15) is 11.5 Å². The SMILES string of the molecule is O=C1CC(=NCCO)C(=O)c2c(O)ccc(O)c21. The van der Waals surface area contributed by atoms with Gasteiger partial charge in [0.05, 0.1) is 36.4 Å². The van der Waals surface area contributed by atoms with Crippen LogP contribution in [0.3, 0.4) is 0 Å². The summed E-state index contributed by atoms with van der Waals surface area (Å²) in [4.78, 5) is 27.6. The molecule has 1 aliphatic rings. The molecule has 0 radical (unpaired) electrons. The molecule has 94 valence electrons. The molecular formula is C12H11NO5. The fourth-order valence-corrected chi connectivity index (χ4v) is 1.87. The fourth-order valence-electron chi connectivity index (χ4n) is 1.87. The lowest BCUT2D eigenvalue weighted by molar-refractivity contribution is 0.0959. The van der Waals surface area contributed by atoms with Gasteiger partial charge in [-0.1, -0.05) is 0 Å². The molecule has 0 unspecified atom stereocenters. The Kier molecular flexibility index (Phi) is 3.12. The van der Waals surface area contributed by atoms with Gasteiger partial charge in [0.2, 0.25) is 5.78 Å². The van der Waals surface area contributed by atoms with Gasteiger partial charge < -0.3 is 15.3 Å². The molecule has 3 N–H and O–H groups in total. The molecule has 1 aliphatic carbocycles. The highest BCUT2D eigenvalue weighted by Crippen LogP contribution is 2.33. The molecule has 0 spiro atoms. The maximum Gasteiger partial charge on any atom is 0.211 e. The van der Waals surface area contributed by atoms with E-state index in [0.717, 1.165) is 12.1 Å². The van der Waals surface area contributed by atoms with E-state index in [9.17, 15) is 19.8 Å². The Bertz CT molecular complexity index is 562. The van der Waals surface area contributed by atoms with Gasteiger partial charge in [-0.3, -0.25) is 14.6 Å². The highest BCUT2D eigenvalue weighted by atomic mass is 16.3. The van der Waals surface area contributed by atoms with Crippen LogP contribution in [0.4, 0.5) is 0 Å². The Hall–Kier alpha value is -2.21. The number of aliphatic hydroxyl groups excluding tert-OH is 1. The average molecular weight is 249 g/mol. The smallest absolute Gasteiger partial charge is 0.211 e. The van der Waals surface area contributed by atoms with Crippen LogP contribution in [0.15, 0.2) is 17.1 Å². The molecule has 0 heterocycles. The molecule has 0 saturated carbocycles. The molecule has 0 aromatic heterocycles. The summed E-state index contributed by atoms with van der Waals surface area (Å²) in [5, 5.41) is 27.8. The molecule has 1 aromatic carbocycles. The summed E-state index contributed by atoms with van der Waals surface area (Å²) in [6, 6.07) is 2.31. The van der Waals surface area contributed by atoms with Crippen LogP contribution in [-0.2, 0) is 0 Å². The standard InChI is InChI=1S/C12H11NO5/c14-4-3-13-6-5-9(17)10-7(15)1-2-8(16)11(10)12(6)18/h1-2,14-16H,3-5H2. The van der Waals surface area contributed by atoms with E-state index < -0.39 is 11.6 Å². The Morgan fingerprint density at radius 2 is 1.72 bits per heavy atom. The van der Waals surface area contributed by atoms with Crippen molar-refractivity contribution >= 4 is 17.3 Å². The predicted octanol–water partition coefficient (Wildman–Crippen LogP) is 0.300. The lowest BCUT2D eigenvalue weighted by Gasteiger charge is -2.17. The third-order valence-corrected chi connectivity index (χ3v) is 2.66. The minimum atomic E-state index is -0.591. The van der Waals surface area contributed by atoms with Crippen LogP contribution in [-0.4, -0.2) is 45.7 Å². The molecule has 2 rings (SSSR count). The van der Waals surface area contributed by atoms with Crippen molar-refractivity contribution < 1.29 is 24.9 Å². The number of ketones is 2. The minimum absolute atomic E-state index is 0.0116. The number of carbonyl (C=O) groups is 2. The maximum absolute atomic E-state index is 12.0. The zero-order chi connectivity index (χ0) is 13.3. The van der Waals surface area contributed by atoms with Gasteiger partial charge >= 0.3 is 0 Å². The Balaban J connectivity index is 2.58. The van der Waals surface area contributed by atoms with E-state index in [0.29, 0.717) is 0 Å². The van der Waals surface area contributed by atoms with Crippen LogP contribution in [0.25, 0.3) is 0 Å². The van der Waals surface area contributed by atoms with E-state index in [1.807, 2.05) is 0 Å². The van der Waals surface area contributed by atoms with Gasteiger partial charge in [-0.2, -0.15) is 0 Å². The number of hydrogen-bond donors (Lipinski definition) is 3. The molecule has 0 bridgehead atoms. The summed E-state index contributed by atoms with van der Waals surface area (Å²) in [6.45, 7) is -0.215. The van der Waals surface area contributed by atoms with E-state index in [1.54, 1.807) is 0 Å². The van der Waals surface area contributed by atoms with Gasteiger partial charge in [0.15, 0.2) is 5.78 Å². The zero-order valence-electron chi connectivity index (χ0n) is 9.38. The molecule has 0 fully saturated rings. The van der Waals surface area contributed by atoms with Crippen molar-refractivity contribution in [1.82, 2.24) is 0 Å². The summed E-state index contributed by atoms with van der Waals surface area (Å²) < 4.78 is 0. The Morgan fingerprint density at radius 3 is 2.33 bits per heavy atom. The highest BCUT2D eigenvalue weighted by Gasteiger charge is 2.33. The zero-order valence-corrected chi connectivity index (χ0v) is 9.38. The Morgan fingerprint density at radius 1 is 1.11 bits per heavy atom. The molecular weight excluding hydrogens is 238 g/mol. The van der Waals surface area contributed by atoms with Gasteiger partial charge in [0.25, 0.3) is 0 Å². The molecule has 0 saturated heterocycles. The average Bonchev–Trinajstić information content (AvgIpc) is 2.34. The first-order chi connectivity index (χ1) is 8.56. The van der Waals surface area contributed by atoms with Gasteiger partial charge in [-0.05, 0) is 12.1 Å². The van der Waals surface area contributed by atoms with Crippen LogP contribution >= 0.6 is 0 Å². The predicted molar refractivity (Wildman–Crippen MR) is 62.4 cm³/mol. The number of hydrogen-bond acceptors (Lipinski definition) is 6. The molecule has 6 nitrogen and oxygen atoms in total. The van der Waals surface area contributed by atoms with Crippen molar-refractivity contribution in [2.75, 3.05) is 13.2 Å². The molecule has 1 aromatic rings. The van der Waals surface area contributed by atoms with E-state index in [2.05, 4.69) is 4.99 Å². The number of benzene rings is 1. The lowest BCUT2D eigenvalue weighted by atomic mass is 9.87. The third-order valence-electron chi connectivity index (χ3n) is 2.66. The quantitative estimate of drug-likeness (QED) is 0.653. The number of aliphatic hydroxyl groups is 1. The van der Waals surface area contributed by atoms with Crippen LogP contribution in [0.2, 0.25) is 0 Å². The molecule has 6 heteroatoms. The summed E-state index contributed by atoms with van der Waals surface area (Å²) in [7, 11) is 0. The second-order valence-corrected chi connectivity index (χ2v) is 3.83. The van der Waals surface area contributed by atoms with Crippen LogP contribution in [0.5, 0.6) is 11.5 Å². The largest absolute Gasteiger partial charge is 0.507 e. The molecule has 0 aliphatic heterocycles. The second kappa shape index (κ2) is 4.58. The number of aromatic hydroxyl groups is 2. The normalized spacial score (nSPS) is 17.1. The van der Waals surface area contributed by atoms with Gasteiger partial charge in [-0.15, -0.1) is 0 Å². The van der Waals surface area contributed by atoms with Gasteiger partial charge in [-0.25, -0.2) is 0 Å². The van der Waals surface area contributed by atoms with Crippen LogP contribution in [0.1, 0.15) is 27.1 Å². The number of fused-ring (bicyclic) bond motifs is 1. The van der Waals surface area contributed by atoms with E-state index in [-0.39, 0.29) is 47.9 Å². The topological polar surface area (TPSA) is 107 Å². The third kappa shape index (κ3) is 1.86. The Labute approximate surface area is 102 Å². The number of Topliss-reactive ketones (excluding diaryl/α,β-unsaturated/α-hetero) is 2. The number of nitrogens with zero attached hydrogens (tertiary/aromatic N) is 1. The number of carbonyl (C=O) groups excluding carboxylic acids is 2. The van der Waals surface area contributed by atoms with Crippen molar-refractivity contribution in [1.29, 1.82) is 0 Å². The monoisotopic (exact) mass is 249 g/mol. The molecule has 0 atom stereocenters. The van der Waals surface area contributed by atoms with Crippen molar-refractivity contribution in [2.24, 2.45) is 4.99 Å². The van der Waals surface area contributed by atoms with Gasteiger partial charge in [0, 0.05) is 0 Å². The summed E-state index contributed by atoms with van der Waals surface area (Å²) in [5.41, 5.74) is -0.395. The molecule has 18 heavy (non-hydrogen) atoms. The summed E-state index contributed by atoms with van der Waals surface area (Å²) in [6.07, 6.45) is -0.233. The summed E-state index contributed by atoms with van der Waals surface area (Å²) in [5.74, 6) is -1.76. The number of rotatable bonds is 2. The second-order valence-electron chi connectivity index (χ2n) is 3.83. The molecule has 0 amide bonds. The first kappa shape index (κ1) is 12.3. The van der Waals surface area contributed by atoms with Crippen LogP contribution in [0, 0.1) is 0 Å². The van der Waals surface area contributed by atoms with E-state index >= 15 is 0 Å². The number of phenolic OH excluding ortho intramolecular Hbond substituents is 2. The first-order valence-corrected chi connectivity index (χ1v) is 5.33.